The van der Waals surface area contributed by atoms with Crippen molar-refractivity contribution in [3.05, 3.63) is 41.7 Å². The Hall–Kier alpha value is -1.88. The van der Waals surface area contributed by atoms with Crippen molar-refractivity contribution >= 4 is 17.4 Å². The fourth-order valence-corrected chi connectivity index (χ4v) is 1.84. The van der Waals surface area contributed by atoms with Gasteiger partial charge in [0.2, 0.25) is 0 Å². The van der Waals surface area contributed by atoms with Gasteiger partial charge in [-0.1, -0.05) is 17.3 Å². The Morgan fingerprint density at radius 3 is 2.85 bits per heavy atom. The first-order valence-electron chi connectivity index (χ1n) is 6.35. The topological polar surface area (TPSA) is 57.0 Å². The fraction of sp³-hybridized carbons (Fsp3) is 0.357. The first-order chi connectivity index (χ1) is 9.58. The number of hydrogen-bond acceptors (Lipinski definition) is 4. The monoisotopic (exact) mass is 293 g/mol. The van der Waals surface area contributed by atoms with E-state index in [1.54, 1.807) is 23.0 Å². The van der Waals surface area contributed by atoms with E-state index in [-0.39, 0.29) is 11.2 Å². The number of hydrogen-bond donors (Lipinski definition) is 0. The van der Waals surface area contributed by atoms with Crippen LogP contribution in [0.5, 0.6) is 5.75 Å². The van der Waals surface area contributed by atoms with Crippen molar-refractivity contribution in [3.8, 4) is 5.75 Å². The summed E-state index contributed by atoms with van der Waals surface area (Å²) in [7, 11) is 0. The third-order valence-electron chi connectivity index (χ3n) is 2.81. The van der Waals surface area contributed by atoms with Gasteiger partial charge in [-0.2, -0.15) is 0 Å². The molecule has 1 aromatic heterocycles. The second kappa shape index (κ2) is 6.52. The molecule has 0 bridgehead atoms. The van der Waals surface area contributed by atoms with Gasteiger partial charge >= 0.3 is 0 Å². The lowest BCUT2D eigenvalue weighted by Crippen LogP contribution is -2.10. The lowest BCUT2D eigenvalue weighted by molar-refractivity contribution is 0.101. The SMILES string of the molecule is CC(=O)c1ccccc1OCCn1cc(C(C)Cl)nn1. The zero-order chi connectivity index (χ0) is 14.5. The van der Waals surface area contributed by atoms with Gasteiger partial charge in [0.05, 0.1) is 23.7 Å². The molecule has 1 atom stereocenters. The summed E-state index contributed by atoms with van der Waals surface area (Å²) in [5.41, 5.74) is 1.32. The number of ketones is 1. The van der Waals surface area contributed by atoms with E-state index in [1.807, 2.05) is 19.1 Å². The minimum absolute atomic E-state index is 0.0143. The molecule has 1 heterocycles. The number of ether oxygens (including phenoxy) is 1. The Balaban J connectivity index is 1.94. The zero-order valence-electron chi connectivity index (χ0n) is 11.4. The summed E-state index contributed by atoms with van der Waals surface area (Å²) < 4.78 is 7.30. The number of Topliss-reactive ketones (excluding diaryl/α,β-unsaturated/α-hetero) is 1. The van der Waals surface area contributed by atoms with Gasteiger partial charge in [0.25, 0.3) is 0 Å². The lowest BCUT2D eigenvalue weighted by Gasteiger charge is -2.09. The van der Waals surface area contributed by atoms with E-state index >= 15 is 0 Å². The van der Waals surface area contributed by atoms with Crippen LogP contribution in [0.25, 0.3) is 0 Å². The van der Waals surface area contributed by atoms with Crippen LogP contribution in [0.3, 0.4) is 0 Å². The van der Waals surface area contributed by atoms with E-state index < -0.39 is 0 Å². The van der Waals surface area contributed by atoms with Crippen LogP contribution in [-0.4, -0.2) is 27.4 Å². The number of nitrogens with zero attached hydrogens (tertiary/aromatic N) is 3. The van der Waals surface area contributed by atoms with Gasteiger partial charge in [0.1, 0.15) is 18.1 Å². The molecule has 0 radical (unpaired) electrons. The maximum Gasteiger partial charge on any atom is 0.163 e. The molecular weight excluding hydrogens is 278 g/mol. The molecule has 20 heavy (non-hydrogen) atoms. The van der Waals surface area contributed by atoms with Crippen LogP contribution in [0.15, 0.2) is 30.5 Å². The zero-order valence-corrected chi connectivity index (χ0v) is 12.2. The van der Waals surface area contributed by atoms with E-state index in [0.29, 0.717) is 24.5 Å². The molecule has 6 heteroatoms. The Kier molecular flexibility index (Phi) is 4.74. The van der Waals surface area contributed by atoms with Gasteiger partial charge in [-0.3, -0.25) is 4.79 Å². The van der Waals surface area contributed by atoms with Crippen LogP contribution in [0.1, 0.15) is 35.3 Å². The molecule has 0 amide bonds. The largest absolute Gasteiger partial charge is 0.491 e. The summed E-state index contributed by atoms with van der Waals surface area (Å²) in [4.78, 5) is 11.5. The second-order valence-corrected chi connectivity index (χ2v) is 5.08. The summed E-state index contributed by atoms with van der Waals surface area (Å²) in [5.74, 6) is 0.575. The average molecular weight is 294 g/mol. The average Bonchev–Trinajstić information content (AvgIpc) is 2.88. The molecule has 0 aliphatic carbocycles. The Morgan fingerprint density at radius 2 is 2.20 bits per heavy atom. The number of rotatable bonds is 6. The van der Waals surface area contributed by atoms with Gasteiger partial charge < -0.3 is 4.74 Å². The van der Waals surface area contributed by atoms with Crippen molar-refractivity contribution in [3.63, 3.8) is 0 Å². The molecule has 0 aliphatic heterocycles. The number of aromatic nitrogens is 3. The molecule has 2 aromatic rings. The quantitative estimate of drug-likeness (QED) is 0.607. The number of alkyl halides is 1. The van der Waals surface area contributed by atoms with Crippen molar-refractivity contribution in [1.82, 2.24) is 15.0 Å². The maximum atomic E-state index is 11.5. The second-order valence-electron chi connectivity index (χ2n) is 4.42. The molecule has 1 unspecified atom stereocenters. The Bertz CT molecular complexity index is 596. The van der Waals surface area contributed by atoms with Crippen LogP contribution >= 0.6 is 11.6 Å². The molecule has 2 rings (SSSR count). The highest BCUT2D eigenvalue weighted by Gasteiger charge is 2.08. The number of halogens is 1. The Morgan fingerprint density at radius 1 is 1.45 bits per heavy atom. The highest BCUT2D eigenvalue weighted by Crippen LogP contribution is 2.18. The summed E-state index contributed by atoms with van der Waals surface area (Å²) >= 11 is 5.92. The van der Waals surface area contributed by atoms with E-state index in [2.05, 4.69) is 10.3 Å². The molecular formula is C14H16ClN3O2. The van der Waals surface area contributed by atoms with Gasteiger partial charge in [-0.25, -0.2) is 4.68 Å². The smallest absolute Gasteiger partial charge is 0.163 e. The number of para-hydroxylation sites is 1. The molecule has 0 saturated carbocycles. The van der Waals surface area contributed by atoms with Crippen molar-refractivity contribution in [2.75, 3.05) is 6.61 Å². The van der Waals surface area contributed by atoms with Crippen LogP contribution in [0.2, 0.25) is 0 Å². The summed E-state index contributed by atoms with van der Waals surface area (Å²) in [6.07, 6.45) is 1.79. The van der Waals surface area contributed by atoms with E-state index in [1.165, 1.54) is 6.92 Å². The highest BCUT2D eigenvalue weighted by molar-refractivity contribution is 6.20. The molecule has 0 spiro atoms. The first-order valence-corrected chi connectivity index (χ1v) is 6.78. The molecule has 0 fully saturated rings. The summed E-state index contributed by atoms with van der Waals surface area (Å²) in [6, 6.07) is 7.18. The van der Waals surface area contributed by atoms with Crippen LogP contribution in [0.4, 0.5) is 0 Å². The predicted molar refractivity (Wildman–Crippen MR) is 76.2 cm³/mol. The number of carbonyl (C=O) groups is 1. The molecule has 0 N–H and O–H groups in total. The molecule has 1 aromatic carbocycles. The van der Waals surface area contributed by atoms with Crippen LogP contribution in [-0.2, 0) is 6.54 Å². The molecule has 0 aliphatic rings. The summed E-state index contributed by atoms with van der Waals surface area (Å²) in [5, 5.41) is 7.76. The van der Waals surface area contributed by atoms with Crippen molar-refractivity contribution in [2.45, 2.75) is 25.8 Å². The van der Waals surface area contributed by atoms with E-state index in [0.717, 1.165) is 5.69 Å². The van der Waals surface area contributed by atoms with E-state index in [9.17, 15) is 4.79 Å². The number of carbonyl (C=O) groups excluding carboxylic acids is 1. The van der Waals surface area contributed by atoms with E-state index in [4.69, 9.17) is 16.3 Å². The molecule has 5 nitrogen and oxygen atoms in total. The Labute approximate surface area is 122 Å². The van der Waals surface area contributed by atoms with Crippen molar-refractivity contribution in [2.24, 2.45) is 0 Å². The number of benzene rings is 1. The lowest BCUT2D eigenvalue weighted by atomic mass is 10.1. The minimum atomic E-state index is -0.164. The van der Waals surface area contributed by atoms with Crippen LogP contribution < -0.4 is 4.74 Å². The van der Waals surface area contributed by atoms with Gasteiger partial charge in [0.15, 0.2) is 5.78 Å². The molecule has 0 saturated heterocycles. The highest BCUT2D eigenvalue weighted by atomic mass is 35.5. The van der Waals surface area contributed by atoms with Gasteiger partial charge in [-0.15, -0.1) is 16.7 Å². The predicted octanol–water partition coefficient (Wildman–Crippen LogP) is 2.86. The van der Waals surface area contributed by atoms with Gasteiger partial charge in [-0.05, 0) is 26.0 Å². The normalized spacial score (nSPS) is 12.2. The standard InChI is InChI=1S/C14H16ClN3O2/c1-10(15)13-9-18(17-16-13)7-8-20-14-6-4-3-5-12(14)11(2)19/h3-6,9-10H,7-8H2,1-2H3. The third-order valence-corrected chi connectivity index (χ3v) is 3.03. The molecule has 106 valence electrons. The third kappa shape index (κ3) is 3.57. The fourth-order valence-electron chi connectivity index (χ4n) is 1.74. The van der Waals surface area contributed by atoms with Crippen molar-refractivity contribution in [1.29, 1.82) is 0 Å². The van der Waals surface area contributed by atoms with Gasteiger partial charge in [0, 0.05) is 0 Å². The van der Waals surface area contributed by atoms with Crippen LogP contribution in [0, 0.1) is 0 Å². The summed E-state index contributed by atoms with van der Waals surface area (Å²) in [6.45, 7) is 4.32. The van der Waals surface area contributed by atoms with Crippen molar-refractivity contribution < 1.29 is 9.53 Å². The maximum absolute atomic E-state index is 11.5. The first kappa shape index (κ1) is 14.5. The minimum Gasteiger partial charge on any atom is -0.491 e.